The van der Waals surface area contributed by atoms with E-state index in [1.807, 2.05) is 24.1 Å². The second-order valence-corrected chi connectivity index (χ2v) is 8.09. The van der Waals surface area contributed by atoms with E-state index in [2.05, 4.69) is 26.2 Å². The average Bonchev–Trinajstić information content (AvgIpc) is 3.32. The quantitative estimate of drug-likeness (QED) is 0.657. The molecule has 0 aliphatic carbocycles. The van der Waals surface area contributed by atoms with Crippen molar-refractivity contribution in [1.29, 1.82) is 0 Å². The molecule has 0 unspecified atom stereocenters. The molecule has 0 bridgehead atoms. The number of aromatic nitrogens is 2. The molecule has 0 atom stereocenters. The summed E-state index contributed by atoms with van der Waals surface area (Å²) in [6, 6.07) is 5.95. The van der Waals surface area contributed by atoms with Crippen LogP contribution < -0.4 is 0 Å². The third kappa shape index (κ3) is 4.52. The largest absolute Gasteiger partial charge is 0.441 e. The number of carbonyl (C=O) groups excluding carboxylic acids is 1. The molecule has 0 radical (unpaired) electrons. The summed E-state index contributed by atoms with van der Waals surface area (Å²) in [5, 5.41) is 7.94. The van der Waals surface area contributed by atoms with E-state index < -0.39 is 0 Å². The van der Waals surface area contributed by atoms with Crippen LogP contribution in [0.3, 0.4) is 0 Å². The predicted molar refractivity (Wildman–Crippen MR) is 106 cm³/mol. The molecule has 2 fully saturated rings. The molecule has 0 N–H and O–H groups in total. The van der Waals surface area contributed by atoms with Crippen molar-refractivity contribution in [3.8, 4) is 0 Å². The highest BCUT2D eigenvalue weighted by molar-refractivity contribution is 5.76. The normalized spacial score (nSPS) is 19.6. The monoisotopic (exact) mass is 403 g/mol. The minimum atomic E-state index is -0.347. The molecule has 3 heterocycles. The number of amides is 1. The standard InChI is InChI=1S/C20H29N5O4/c1-23(12-13-27-2)10-11-25-15-20(28-19(25)26)6-8-24(9-7-20)14-16-4-3-5-17-18(16)22-29-21-17/h3-5H,6-15H2,1-2H3. The van der Waals surface area contributed by atoms with Gasteiger partial charge in [0.1, 0.15) is 16.6 Å². The molecule has 9 nitrogen and oxygen atoms in total. The van der Waals surface area contributed by atoms with Gasteiger partial charge >= 0.3 is 6.09 Å². The molecule has 1 amide bonds. The lowest BCUT2D eigenvalue weighted by atomic mass is 9.91. The Hall–Kier alpha value is -2.23. The Labute approximate surface area is 170 Å². The van der Waals surface area contributed by atoms with Gasteiger partial charge in [-0.25, -0.2) is 9.42 Å². The van der Waals surface area contributed by atoms with Crippen LogP contribution >= 0.6 is 0 Å². The summed E-state index contributed by atoms with van der Waals surface area (Å²) in [5.41, 5.74) is 2.37. The number of methoxy groups -OCH3 is 1. The second-order valence-electron chi connectivity index (χ2n) is 8.09. The Balaban J connectivity index is 1.28. The third-order valence-corrected chi connectivity index (χ3v) is 6.00. The van der Waals surface area contributed by atoms with Crippen LogP contribution in [0, 0.1) is 0 Å². The first-order valence-electron chi connectivity index (χ1n) is 10.2. The highest BCUT2D eigenvalue weighted by atomic mass is 16.6. The summed E-state index contributed by atoms with van der Waals surface area (Å²) in [5.74, 6) is 0. The first kappa shape index (κ1) is 20.1. The van der Waals surface area contributed by atoms with Crippen molar-refractivity contribution in [2.24, 2.45) is 0 Å². The Morgan fingerprint density at radius 3 is 2.86 bits per heavy atom. The van der Waals surface area contributed by atoms with Crippen LogP contribution in [0.2, 0.25) is 0 Å². The molecule has 2 aliphatic heterocycles. The van der Waals surface area contributed by atoms with Crippen LogP contribution in [0.15, 0.2) is 22.8 Å². The Morgan fingerprint density at radius 1 is 1.24 bits per heavy atom. The van der Waals surface area contributed by atoms with Gasteiger partial charge < -0.3 is 19.3 Å². The van der Waals surface area contributed by atoms with Crippen LogP contribution in [0.5, 0.6) is 0 Å². The highest BCUT2D eigenvalue weighted by Crippen LogP contribution is 2.33. The molecule has 1 aromatic heterocycles. The van der Waals surface area contributed by atoms with Crippen LogP contribution in [0.4, 0.5) is 4.79 Å². The fourth-order valence-electron chi connectivity index (χ4n) is 4.12. The van der Waals surface area contributed by atoms with E-state index in [1.54, 1.807) is 7.11 Å². The molecular weight excluding hydrogens is 374 g/mol. The number of nitrogens with zero attached hydrogens (tertiary/aromatic N) is 5. The number of ether oxygens (including phenoxy) is 2. The minimum absolute atomic E-state index is 0.183. The summed E-state index contributed by atoms with van der Waals surface area (Å²) in [4.78, 5) is 18.8. The molecule has 158 valence electrons. The molecule has 29 heavy (non-hydrogen) atoms. The van der Waals surface area contributed by atoms with Crippen molar-refractivity contribution in [2.75, 3.05) is 60.0 Å². The van der Waals surface area contributed by atoms with Gasteiger partial charge in [-0.3, -0.25) is 4.90 Å². The molecule has 9 heteroatoms. The summed E-state index contributed by atoms with van der Waals surface area (Å²) in [7, 11) is 3.74. The Morgan fingerprint density at radius 2 is 2.07 bits per heavy atom. The van der Waals surface area contributed by atoms with Gasteiger partial charge in [-0.1, -0.05) is 12.1 Å². The third-order valence-electron chi connectivity index (χ3n) is 6.00. The number of carbonyl (C=O) groups is 1. The zero-order chi connectivity index (χ0) is 20.3. The van der Waals surface area contributed by atoms with Gasteiger partial charge in [0.05, 0.1) is 13.2 Å². The maximum absolute atomic E-state index is 12.4. The number of likely N-dealkylation sites (N-methyl/N-ethyl adjacent to an activating group) is 1. The summed E-state index contributed by atoms with van der Waals surface area (Å²) >= 11 is 0. The highest BCUT2D eigenvalue weighted by Gasteiger charge is 2.46. The number of likely N-dealkylation sites (tertiary alicyclic amines) is 1. The van der Waals surface area contributed by atoms with Gasteiger partial charge in [0.2, 0.25) is 0 Å². The molecule has 2 saturated heterocycles. The van der Waals surface area contributed by atoms with Gasteiger partial charge in [-0.2, -0.15) is 0 Å². The van der Waals surface area contributed by atoms with Crippen molar-refractivity contribution >= 4 is 17.1 Å². The molecule has 4 rings (SSSR count). The summed E-state index contributed by atoms with van der Waals surface area (Å²) < 4.78 is 15.8. The second kappa shape index (κ2) is 8.64. The molecule has 1 spiro atoms. The van der Waals surface area contributed by atoms with E-state index in [0.29, 0.717) is 19.7 Å². The number of rotatable bonds is 8. The lowest BCUT2D eigenvalue weighted by molar-refractivity contribution is -0.00118. The number of benzene rings is 1. The Bertz CT molecular complexity index is 833. The van der Waals surface area contributed by atoms with E-state index >= 15 is 0 Å². The van der Waals surface area contributed by atoms with Crippen LogP contribution in [0.1, 0.15) is 18.4 Å². The maximum Gasteiger partial charge on any atom is 0.410 e. The lowest BCUT2D eigenvalue weighted by Crippen LogP contribution is -2.47. The fraction of sp³-hybridized carbons (Fsp3) is 0.650. The molecule has 2 aliphatic rings. The van der Waals surface area contributed by atoms with Gasteiger partial charge in [0.15, 0.2) is 0 Å². The van der Waals surface area contributed by atoms with Crippen molar-refractivity contribution in [3.63, 3.8) is 0 Å². The van der Waals surface area contributed by atoms with Crippen molar-refractivity contribution in [2.45, 2.75) is 25.0 Å². The number of hydrogen-bond donors (Lipinski definition) is 0. The van der Waals surface area contributed by atoms with Crippen molar-refractivity contribution < 1.29 is 18.9 Å². The van der Waals surface area contributed by atoms with Gasteiger partial charge in [0, 0.05) is 59.2 Å². The van der Waals surface area contributed by atoms with Crippen molar-refractivity contribution in [1.82, 2.24) is 25.0 Å². The molecule has 2 aromatic rings. The van der Waals surface area contributed by atoms with Gasteiger partial charge in [-0.15, -0.1) is 0 Å². The Kier molecular flexibility index (Phi) is 5.98. The van der Waals surface area contributed by atoms with Crippen LogP contribution in [-0.2, 0) is 16.0 Å². The molecule has 1 aromatic carbocycles. The SMILES string of the molecule is COCCN(C)CCN1CC2(CCN(Cc3cccc4nonc34)CC2)OC1=O. The maximum atomic E-state index is 12.4. The molecule has 0 saturated carbocycles. The average molecular weight is 403 g/mol. The summed E-state index contributed by atoms with van der Waals surface area (Å²) in [6.45, 7) is 6.30. The number of piperidine rings is 1. The summed E-state index contributed by atoms with van der Waals surface area (Å²) in [6.07, 6.45) is 1.51. The zero-order valence-corrected chi connectivity index (χ0v) is 17.2. The first-order chi connectivity index (χ1) is 14.1. The van der Waals surface area contributed by atoms with E-state index in [9.17, 15) is 4.79 Å². The zero-order valence-electron chi connectivity index (χ0n) is 17.2. The fourth-order valence-corrected chi connectivity index (χ4v) is 4.12. The van der Waals surface area contributed by atoms with E-state index in [0.717, 1.165) is 62.2 Å². The van der Waals surface area contributed by atoms with E-state index in [1.165, 1.54) is 0 Å². The van der Waals surface area contributed by atoms with Gasteiger partial charge in [-0.05, 0) is 29.0 Å². The first-order valence-corrected chi connectivity index (χ1v) is 10.2. The smallest absolute Gasteiger partial charge is 0.410 e. The van der Waals surface area contributed by atoms with E-state index in [4.69, 9.17) is 14.1 Å². The number of hydrogen-bond acceptors (Lipinski definition) is 8. The van der Waals surface area contributed by atoms with E-state index in [-0.39, 0.29) is 11.7 Å². The lowest BCUT2D eigenvalue weighted by Gasteiger charge is -2.37. The predicted octanol–water partition coefficient (Wildman–Crippen LogP) is 1.59. The van der Waals surface area contributed by atoms with Gasteiger partial charge in [0.25, 0.3) is 0 Å². The van der Waals surface area contributed by atoms with Crippen LogP contribution in [-0.4, -0.2) is 96.7 Å². The topological polar surface area (TPSA) is 84.2 Å². The van der Waals surface area contributed by atoms with Crippen molar-refractivity contribution in [3.05, 3.63) is 23.8 Å². The minimum Gasteiger partial charge on any atom is -0.441 e. The van der Waals surface area contributed by atoms with Crippen LogP contribution in [0.25, 0.3) is 11.0 Å². The molecular formula is C20H29N5O4. The number of fused-ring (bicyclic) bond motifs is 1.